The van der Waals surface area contributed by atoms with Crippen LogP contribution in [0.25, 0.3) is 0 Å². The second-order valence-corrected chi connectivity index (χ2v) is 7.03. The Kier molecular flexibility index (Phi) is 5.78. The van der Waals surface area contributed by atoms with Crippen molar-refractivity contribution in [1.29, 1.82) is 0 Å². The minimum Gasteiger partial charge on any atom is -0.143 e. The molecular weight excluding hydrogens is 236 g/mol. The molecule has 1 atom stereocenters. The molecule has 0 heterocycles. The predicted molar refractivity (Wildman–Crippen MR) is 84.6 cm³/mol. The highest BCUT2D eigenvalue weighted by Crippen LogP contribution is 2.43. The maximum atomic E-state index is 4.38. The summed E-state index contributed by atoms with van der Waals surface area (Å²) < 4.78 is 0. The highest BCUT2D eigenvalue weighted by molar-refractivity contribution is 7.80. The Bertz CT molecular complexity index is 348. The molecule has 0 saturated heterocycles. The van der Waals surface area contributed by atoms with Gasteiger partial charge < -0.3 is 0 Å². The average molecular weight is 264 g/mol. The third kappa shape index (κ3) is 4.35. The van der Waals surface area contributed by atoms with Crippen molar-refractivity contribution in [2.45, 2.75) is 64.7 Å². The van der Waals surface area contributed by atoms with Crippen molar-refractivity contribution in [3.8, 4) is 0 Å². The van der Waals surface area contributed by atoms with Crippen LogP contribution in [-0.2, 0) is 0 Å². The van der Waals surface area contributed by atoms with Gasteiger partial charge in [0.15, 0.2) is 0 Å². The lowest BCUT2D eigenvalue weighted by Gasteiger charge is -2.36. The first kappa shape index (κ1) is 15.6. The van der Waals surface area contributed by atoms with Gasteiger partial charge in [0.25, 0.3) is 0 Å². The molecule has 0 nitrogen and oxygen atoms in total. The normalized spacial score (nSPS) is 13.9. The summed E-state index contributed by atoms with van der Waals surface area (Å²) in [5, 5.41) is 0. The SMILES string of the molecule is CCCC(C)(C)C(CC(C)C)c1ccc(S)cc1. The summed E-state index contributed by atoms with van der Waals surface area (Å²) in [6.45, 7) is 11.8. The number of rotatable bonds is 6. The van der Waals surface area contributed by atoms with Gasteiger partial charge in [0, 0.05) is 4.90 Å². The van der Waals surface area contributed by atoms with Crippen molar-refractivity contribution in [2.75, 3.05) is 0 Å². The van der Waals surface area contributed by atoms with Crippen molar-refractivity contribution in [2.24, 2.45) is 11.3 Å². The molecule has 0 aliphatic heterocycles. The van der Waals surface area contributed by atoms with Crippen molar-refractivity contribution >= 4 is 12.6 Å². The van der Waals surface area contributed by atoms with Gasteiger partial charge in [0.2, 0.25) is 0 Å². The van der Waals surface area contributed by atoms with Crippen molar-refractivity contribution < 1.29 is 0 Å². The molecule has 0 aromatic heterocycles. The maximum absolute atomic E-state index is 4.38. The summed E-state index contributed by atoms with van der Waals surface area (Å²) in [4.78, 5) is 1.05. The van der Waals surface area contributed by atoms with E-state index in [0.29, 0.717) is 11.3 Å². The Hall–Kier alpha value is -0.430. The van der Waals surface area contributed by atoms with Gasteiger partial charge in [0.05, 0.1) is 0 Å². The minimum atomic E-state index is 0.372. The molecule has 102 valence electrons. The minimum absolute atomic E-state index is 0.372. The molecule has 1 aromatic rings. The van der Waals surface area contributed by atoms with E-state index in [1.165, 1.54) is 24.8 Å². The van der Waals surface area contributed by atoms with Crippen LogP contribution in [0.2, 0.25) is 0 Å². The lowest BCUT2D eigenvalue weighted by molar-refractivity contribution is 0.230. The summed E-state index contributed by atoms with van der Waals surface area (Å²) in [6, 6.07) is 8.75. The van der Waals surface area contributed by atoms with Gasteiger partial charge in [-0.3, -0.25) is 0 Å². The smallest absolute Gasteiger partial charge is 0.00401 e. The number of thiol groups is 1. The summed E-state index contributed by atoms with van der Waals surface area (Å²) in [5.41, 5.74) is 1.84. The standard InChI is InChI=1S/C17H28S/c1-6-11-17(4,5)16(12-13(2)3)14-7-9-15(18)10-8-14/h7-10,13,16,18H,6,11-12H2,1-5H3. The van der Waals surface area contributed by atoms with Crippen LogP contribution < -0.4 is 0 Å². The fourth-order valence-corrected chi connectivity index (χ4v) is 3.05. The highest BCUT2D eigenvalue weighted by atomic mass is 32.1. The first-order chi connectivity index (χ1) is 8.36. The monoisotopic (exact) mass is 264 g/mol. The van der Waals surface area contributed by atoms with Crippen LogP contribution in [0.1, 0.15) is 65.4 Å². The van der Waals surface area contributed by atoms with E-state index in [1.807, 2.05) is 0 Å². The second kappa shape index (κ2) is 6.65. The Balaban J connectivity index is 3.00. The summed E-state index contributed by atoms with van der Waals surface area (Å²) in [5.74, 6) is 1.38. The molecule has 0 radical (unpaired) electrons. The van der Waals surface area contributed by atoms with Crippen molar-refractivity contribution in [3.63, 3.8) is 0 Å². The molecule has 1 aromatic carbocycles. The molecule has 0 saturated carbocycles. The molecule has 1 unspecified atom stereocenters. The first-order valence-electron chi connectivity index (χ1n) is 7.15. The average Bonchev–Trinajstić information content (AvgIpc) is 2.27. The third-order valence-electron chi connectivity index (χ3n) is 3.84. The lowest BCUT2D eigenvalue weighted by Crippen LogP contribution is -2.23. The highest BCUT2D eigenvalue weighted by Gasteiger charge is 2.30. The van der Waals surface area contributed by atoms with Crippen LogP contribution in [0.15, 0.2) is 29.2 Å². The van der Waals surface area contributed by atoms with E-state index in [4.69, 9.17) is 0 Å². The van der Waals surface area contributed by atoms with E-state index in [2.05, 4.69) is 71.5 Å². The molecule has 0 aliphatic carbocycles. The zero-order valence-corrected chi connectivity index (χ0v) is 13.4. The molecule has 1 heteroatoms. The topological polar surface area (TPSA) is 0 Å². The third-order valence-corrected chi connectivity index (χ3v) is 4.14. The van der Waals surface area contributed by atoms with E-state index < -0.39 is 0 Å². The van der Waals surface area contributed by atoms with Gasteiger partial charge in [-0.15, -0.1) is 12.6 Å². The maximum Gasteiger partial charge on any atom is 0.00401 e. The van der Waals surface area contributed by atoms with Gasteiger partial charge in [-0.05, 0) is 47.8 Å². The molecule has 0 fully saturated rings. The van der Waals surface area contributed by atoms with Crippen LogP contribution in [0.4, 0.5) is 0 Å². The van der Waals surface area contributed by atoms with Crippen LogP contribution in [-0.4, -0.2) is 0 Å². The molecule has 0 N–H and O–H groups in total. The molecule has 1 rings (SSSR count). The molecular formula is C17H28S. The van der Waals surface area contributed by atoms with Crippen molar-refractivity contribution in [1.82, 2.24) is 0 Å². The number of hydrogen-bond donors (Lipinski definition) is 1. The van der Waals surface area contributed by atoms with Gasteiger partial charge >= 0.3 is 0 Å². The second-order valence-electron chi connectivity index (χ2n) is 6.51. The largest absolute Gasteiger partial charge is 0.143 e. The first-order valence-corrected chi connectivity index (χ1v) is 7.60. The number of benzene rings is 1. The van der Waals surface area contributed by atoms with E-state index in [-0.39, 0.29) is 0 Å². The van der Waals surface area contributed by atoms with Gasteiger partial charge in [-0.1, -0.05) is 53.2 Å². The number of hydrogen-bond acceptors (Lipinski definition) is 1. The molecule has 18 heavy (non-hydrogen) atoms. The predicted octanol–water partition coefficient (Wildman–Crippen LogP) is 5.93. The van der Waals surface area contributed by atoms with Crippen LogP contribution in [0, 0.1) is 11.3 Å². The van der Waals surface area contributed by atoms with Gasteiger partial charge in [0.1, 0.15) is 0 Å². The Labute approximate surface area is 119 Å². The molecule has 0 bridgehead atoms. The Morgan fingerprint density at radius 1 is 1.11 bits per heavy atom. The zero-order valence-electron chi connectivity index (χ0n) is 12.5. The molecule has 0 spiro atoms. The molecule has 0 aliphatic rings. The van der Waals surface area contributed by atoms with Crippen molar-refractivity contribution in [3.05, 3.63) is 29.8 Å². The quantitative estimate of drug-likeness (QED) is 0.605. The van der Waals surface area contributed by atoms with Gasteiger partial charge in [-0.2, -0.15) is 0 Å². The van der Waals surface area contributed by atoms with Crippen LogP contribution in [0.5, 0.6) is 0 Å². The molecule has 0 amide bonds. The van der Waals surface area contributed by atoms with E-state index >= 15 is 0 Å². The Morgan fingerprint density at radius 2 is 1.67 bits per heavy atom. The summed E-state index contributed by atoms with van der Waals surface area (Å²) >= 11 is 4.38. The fraction of sp³-hybridized carbons (Fsp3) is 0.647. The van der Waals surface area contributed by atoms with Gasteiger partial charge in [-0.25, -0.2) is 0 Å². The fourth-order valence-electron chi connectivity index (χ4n) is 2.90. The van der Waals surface area contributed by atoms with E-state index in [9.17, 15) is 0 Å². The Morgan fingerprint density at radius 3 is 2.11 bits per heavy atom. The summed E-state index contributed by atoms with van der Waals surface area (Å²) in [7, 11) is 0. The van der Waals surface area contributed by atoms with Crippen LogP contribution in [0.3, 0.4) is 0 Å². The van der Waals surface area contributed by atoms with Crippen LogP contribution >= 0.6 is 12.6 Å². The van der Waals surface area contributed by atoms with E-state index in [1.54, 1.807) is 0 Å². The van der Waals surface area contributed by atoms with E-state index in [0.717, 1.165) is 10.8 Å². The lowest BCUT2D eigenvalue weighted by atomic mass is 9.69. The summed E-state index contributed by atoms with van der Waals surface area (Å²) in [6.07, 6.45) is 3.80. The zero-order chi connectivity index (χ0) is 13.8.